The van der Waals surface area contributed by atoms with Crippen LogP contribution in [0.25, 0.3) is 0 Å². The van der Waals surface area contributed by atoms with Crippen molar-refractivity contribution in [2.75, 3.05) is 6.54 Å². The van der Waals surface area contributed by atoms with E-state index in [1.165, 1.54) is 0 Å². The summed E-state index contributed by atoms with van der Waals surface area (Å²) in [6.07, 6.45) is 2.19. The molecule has 0 aliphatic heterocycles. The van der Waals surface area contributed by atoms with Crippen LogP contribution in [0.5, 0.6) is 0 Å². The van der Waals surface area contributed by atoms with Gasteiger partial charge in [-0.05, 0) is 42.9 Å². The summed E-state index contributed by atoms with van der Waals surface area (Å²) in [4.78, 5) is 24.5. The van der Waals surface area contributed by atoms with Gasteiger partial charge in [-0.1, -0.05) is 37.6 Å². The monoisotopic (exact) mass is 322 g/mol. The molecular formula is C17H23ClN2O2. The summed E-state index contributed by atoms with van der Waals surface area (Å²) >= 11 is 5.83. The van der Waals surface area contributed by atoms with E-state index in [1.54, 1.807) is 12.1 Å². The van der Waals surface area contributed by atoms with Crippen molar-refractivity contribution in [1.82, 2.24) is 10.6 Å². The maximum atomic E-state index is 12.3. The summed E-state index contributed by atoms with van der Waals surface area (Å²) < 4.78 is 0. The quantitative estimate of drug-likeness (QED) is 0.758. The highest BCUT2D eigenvalue weighted by Crippen LogP contribution is 2.46. The molecule has 0 radical (unpaired) electrons. The number of hydrogen-bond acceptors (Lipinski definition) is 2. The maximum Gasteiger partial charge on any atom is 0.235 e. The Morgan fingerprint density at radius 3 is 2.27 bits per heavy atom. The molecule has 5 heteroatoms. The van der Waals surface area contributed by atoms with Gasteiger partial charge < -0.3 is 10.6 Å². The Morgan fingerprint density at radius 2 is 1.73 bits per heavy atom. The van der Waals surface area contributed by atoms with E-state index in [-0.39, 0.29) is 11.8 Å². The number of hydrogen-bond donors (Lipinski definition) is 2. The first-order valence-electron chi connectivity index (χ1n) is 7.75. The highest BCUT2D eigenvalue weighted by atomic mass is 35.5. The summed E-state index contributed by atoms with van der Waals surface area (Å²) in [7, 11) is 0. The van der Waals surface area contributed by atoms with Crippen LogP contribution in [-0.4, -0.2) is 18.4 Å². The first-order chi connectivity index (χ1) is 10.4. The molecule has 1 aromatic carbocycles. The van der Waals surface area contributed by atoms with Crippen molar-refractivity contribution >= 4 is 23.4 Å². The van der Waals surface area contributed by atoms with Gasteiger partial charge in [0.25, 0.3) is 0 Å². The fourth-order valence-electron chi connectivity index (χ4n) is 2.28. The fourth-order valence-corrected chi connectivity index (χ4v) is 2.41. The zero-order chi connectivity index (χ0) is 16.2. The molecule has 0 unspecified atom stereocenters. The van der Waals surface area contributed by atoms with Crippen molar-refractivity contribution in [3.63, 3.8) is 0 Å². The Bertz CT molecular complexity index is 536. The van der Waals surface area contributed by atoms with Crippen LogP contribution >= 0.6 is 11.6 Å². The van der Waals surface area contributed by atoms with Crippen LogP contribution in [0, 0.1) is 11.3 Å². The lowest BCUT2D eigenvalue weighted by Gasteiger charge is -2.16. The molecule has 1 aliphatic rings. The van der Waals surface area contributed by atoms with Crippen molar-refractivity contribution in [2.24, 2.45) is 11.3 Å². The summed E-state index contributed by atoms with van der Waals surface area (Å²) in [6.45, 7) is 5.26. The number of amides is 2. The van der Waals surface area contributed by atoms with Crippen molar-refractivity contribution in [2.45, 2.75) is 39.7 Å². The van der Waals surface area contributed by atoms with Crippen LogP contribution in [0.2, 0.25) is 5.02 Å². The van der Waals surface area contributed by atoms with Gasteiger partial charge >= 0.3 is 0 Å². The minimum absolute atomic E-state index is 0.137. The van der Waals surface area contributed by atoms with E-state index in [4.69, 9.17) is 11.6 Å². The molecule has 0 aromatic heterocycles. The molecule has 120 valence electrons. The first-order valence-corrected chi connectivity index (χ1v) is 8.13. The SMILES string of the molecule is CC(C)CCNC(=O)C1(C(=O)NCc2ccc(Cl)cc2)CC1. The lowest BCUT2D eigenvalue weighted by atomic mass is 10.0. The second-order valence-corrected chi connectivity index (χ2v) is 6.77. The van der Waals surface area contributed by atoms with E-state index in [0.717, 1.165) is 12.0 Å². The average molecular weight is 323 g/mol. The molecule has 1 fully saturated rings. The second-order valence-electron chi connectivity index (χ2n) is 6.33. The van der Waals surface area contributed by atoms with Crippen molar-refractivity contribution in [1.29, 1.82) is 0 Å². The van der Waals surface area contributed by atoms with Gasteiger partial charge in [-0.3, -0.25) is 9.59 Å². The molecule has 0 atom stereocenters. The van der Waals surface area contributed by atoms with Crippen molar-refractivity contribution < 1.29 is 9.59 Å². The molecule has 22 heavy (non-hydrogen) atoms. The number of halogens is 1. The molecule has 0 spiro atoms. The van der Waals surface area contributed by atoms with Crippen LogP contribution in [0.3, 0.4) is 0 Å². The Kier molecular flexibility index (Phi) is 5.46. The summed E-state index contributed by atoms with van der Waals surface area (Å²) in [5.41, 5.74) is 0.123. The van der Waals surface area contributed by atoms with Crippen LogP contribution < -0.4 is 10.6 Å². The third kappa shape index (κ3) is 4.23. The number of rotatable bonds is 7. The van der Waals surface area contributed by atoms with E-state index in [0.29, 0.717) is 36.9 Å². The molecule has 1 saturated carbocycles. The normalized spacial score (nSPS) is 15.5. The largest absolute Gasteiger partial charge is 0.355 e. The third-order valence-electron chi connectivity index (χ3n) is 3.99. The Morgan fingerprint density at radius 1 is 1.14 bits per heavy atom. The topological polar surface area (TPSA) is 58.2 Å². The lowest BCUT2D eigenvalue weighted by Crippen LogP contribution is -2.43. The fraction of sp³-hybridized carbons (Fsp3) is 0.529. The van der Waals surface area contributed by atoms with Gasteiger partial charge in [0.2, 0.25) is 11.8 Å². The van der Waals surface area contributed by atoms with Gasteiger partial charge in [-0.25, -0.2) is 0 Å². The maximum absolute atomic E-state index is 12.3. The van der Waals surface area contributed by atoms with Crippen molar-refractivity contribution in [3.05, 3.63) is 34.9 Å². The summed E-state index contributed by atoms with van der Waals surface area (Å²) in [6, 6.07) is 7.30. The smallest absolute Gasteiger partial charge is 0.235 e. The third-order valence-corrected chi connectivity index (χ3v) is 4.24. The minimum Gasteiger partial charge on any atom is -0.355 e. The summed E-state index contributed by atoms with van der Waals surface area (Å²) in [5, 5.41) is 6.41. The lowest BCUT2D eigenvalue weighted by molar-refractivity contribution is -0.137. The minimum atomic E-state index is -0.844. The Labute approximate surface area is 136 Å². The van der Waals surface area contributed by atoms with Crippen LogP contribution in [0.1, 0.15) is 38.7 Å². The zero-order valence-corrected chi connectivity index (χ0v) is 13.9. The molecular weight excluding hydrogens is 300 g/mol. The molecule has 2 amide bonds. The zero-order valence-electron chi connectivity index (χ0n) is 13.1. The van der Waals surface area contributed by atoms with E-state index in [2.05, 4.69) is 24.5 Å². The molecule has 2 N–H and O–H groups in total. The number of nitrogens with one attached hydrogen (secondary N) is 2. The van der Waals surface area contributed by atoms with Gasteiger partial charge in [0.1, 0.15) is 5.41 Å². The van der Waals surface area contributed by atoms with Gasteiger partial charge in [0.05, 0.1) is 0 Å². The second kappa shape index (κ2) is 7.14. The van der Waals surface area contributed by atoms with Gasteiger partial charge in [0.15, 0.2) is 0 Å². The molecule has 1 aliphatic carbocycles. The predicted molar refractivity (Wildman–Crippen MR) is 87.4 cm³/mol. The number of carbonyl (C=O) groups excluding carboxylic acids is 2. The van der Waals surface area contributed by atoms with E-state index in [1.807, 2.05) is 12.1 Å². The molecule has 2 rings (SSSR count). The first kappa shape index (κ1) is 16.8. The van der Waals surface area contributed by atoms with Crippen LogP contribution in [0.15, 0.2) is 24.3 Å². The molecule has 1 aromatic rings. The van der Waals surface area contributed by atoms with Gasteiger partial charge in [-0.2, -0.15) is 0 Å². The average Bonchev–Trinajstić information content (AvgIpc) is 3.27. The summed E-state index contributed by atoms with van der Waals surface area (Å²) in [5.74, 6) is 0.223. The molecule has 0 saturated heterocycles. The number of carbonyl (C=O) groups is 2. The Balaban J connectivity index is 1.83. The van der Waals surface area contributed by atoms with Crippen molar-refractivity contribution in [3.8, 4) is 0 Å². The molecule has 0 bridgehead atoms. The van der Waals surface area contributed by atoms with Crippen LogP contribution in [0.4, 0.5) is 0 Å². The predicted octanol–water partition coefficient (Wildman–Crippen LogP) is 2.90. The van der Waals surface area contributed by atoms with Gasteiger partial charge in [-0.15, -0.1) is 0 Å². The van der Waals surface area contributed by atoms with E-state index < -0.39 is 5.41 Å². The van der Waals surface area contributed by atoms with E-state index in [9.17, 15) is 9.59 Å². The van der Waals surface area contributed by atoms with Gasteiger partial charge in [0, 0.05) is 18.1 Å². The highest BCUT2D eigenvalue weighted by Gasteiger charge is 2.56. The standard InChI is InChI=1S/C17H23ClN2O2/c1-12(2)7-10-19-15(21)17(8-9-17)16(22)20-11-13-3-5-14(18)6-4-13/h3-6,12H,7-11H2,1-2H3,(H,19,21)(H,20,22). The van der Waals surface area contributed by atoms with E-state index >= 15 is 0 Å². The molecule has 0 heterocycles. The van der Waals surface area contributed by atoms with Crippen LogP contribution in [-0.2, 0) is 16.1 Å². The Hall–Kier alpha value is -1.55. The molecule has 4 nitrogen and oxygen atoms in total. The highest BCUT2D eigenvalue weighted by molar-refractivity contribution is 6.30. The number of benzene rings is 1.